The number of nitrogens with one attached hydrogen (secondary N) is 1. The van der Waals surface area contributed by atoms with Crippen molar-refractivity contribution < 1.29 is 14.6 Å². The van der Waals surface area contributed by atoms with E-state index in [0.29, 0.717) is 13.0 Å². The third-order valence-electron chi connectivity index (χ3n) is 3.11. The van der Waals surface area contributed by atoms with E-state index in [9.17, 15) is 4.79 Å². The van der Waals surface area contributed by atoms with Gasteiger partial charge in [-0.15, -0.1) is 0 Å². The van der Waals surface area contributed by atoms with Crippen LogP contribution in [0.5, 0.6) is 5.75 Å². The Morgan fingerprint density at radius 1 is 1.45 bits per heavy atom. The van der Waals surface area contributed by atoms with Crippen LogP contribution >= 0.6 is 11.8 Å². The fourth-order valence-electron chi connectivity index (χ4n) is 1.83. The van der Waals surface area contributed by atoms with E-state index < -0.39 is 0 Å². The SMILES string of the molecule is CSC(CO)C(C)NC(=O)CCOc1ccccc1C. The number of aryl methyl sites for hydroxylation is 1. The van der Waals surface area contributed by atoms with Gasteiger partial charge in [-0.1, -0.05) is 18.2 Å². The molecule has 1 aromatic carbocycles. The first-order valence-electron chi connectivity index (χ1n) is 6.70. The van der Waals surface area contributed by atoms with Gasteiger partial charge < -0.3 is 15.2 Å². The number of aliphatic hydroxyl groups excluding tert-OH is 1. The zero-order chi connectivity index (χ0) is 15.0. The van der Waals surface area contributed by atoms with Gasteiger partial charge in [0.2, 0.25) is 5.91 Å². The number of para-hydroxylation sites is 1. The molecule has 1 aromatic rings. The molecule has 0 radical (unpaired) electrons. The summed E-state index contributed by atoms with van der Waals surface area (Å²) in [5, 5.41) is 12.1. The summed E-state index contributed by atoms with van der Waals surface area (Å²) in [7, 11) is 0. The van der Waals surface area contributed by atoms with Crippen molar-refractivity contribution in [1.29, 1.82) is 0 Å². The van der Waals surface area contributed by atoms with Crippen LogP contribution in [0.3, 0.4) is 0 Å². The number of ether oxygens (including phenoxy) is 1. The topological polar surface area (TPSA) is 58.6 Å². The van der Waals surface area contributed by atoms with Gasteiger partial charge in [-0.25, -0.2) is 0 Å². The van der Waals surface area contributed by atoms with Crippen LogP contribution in [0.15, 0.2) is 24.3 Å². The maximum absolute atomic E-state index is 11.8. The highest BCUT2D eigenvalue weighted by atomic mass is 32.2. The first-order chi connectivity index (χ1) is 9.58. The summed E-state index contributed by atoms with van der Waals surface area (Å²) in [6.45, 7) is 4.29. The van der Waals surface area contributed by atoms with Crippen LogP contribution in [0.4, 0.5) is 0 Å². The van der Waals surface area contributed by atoms with Gasteiger partial charge in [0, 0.05) is 11.3 Å². The monoisotopic (exact) mass is 297 g/mol. The molecule has 4 nitrogen and oxygen atoms in total. The van der Waals surface area contributed by atoms with E-state index in [1.54, 1.807) is 11.8 Å². The number of rotatable bonds is 8. The number of aliphatic hydroxyl groups is 1. The van der Waals surface area contributed by atoms with Crippen LogP contribution in [0.25, 0.3) is 0 Å². The summed E-state index contributed by atoms with van der Waals surface area (Å²) >= 11 is 1.55. The maximum atomic E-state index is 11.8. The van der Waals surface area contributed by atoms with Crippen molar-refractivity contribution in [3.63, 3.8) is 0 Å². The zero-order valence-corrected chi connectivity index (χ0v) is 13.1. The molecule has 0 aliphatic carbocycles. The second kappa shape index (κ2) is 8.87. The molecule has 0 heterocycles. The minimum absolute atomic E-state index is 0.0243. The molecule has 1 rings (SSSR count). The summed E-state index contributed by atoms with van der Waals surface area (Å²) in [6.07, 6.45) is 2.23. The smallest absolute Gasteiger partial charge is 0.223 e. The number of amides is 1. The van der Waals surface area contributed by atoms with Crippen LogP contribution in [-0.4, -0.2) is 41.8 Å². The number of thioether (sulfide) groups is 1. The molecular weight excluding hydrogens is 274 g/mol. The van der Waals surface area contributed by atoms with Gasteiger partial charge in [-0.3, -0.25) is 4.79 Å². The molecule has 0 aromatic heterocycles. The Balaban J connectivity index is 2.32. The largest absolute Gasteiger partial charge is 0.493 e. The van der Waals surface area contributed by atoms with Gasteiger partial charge in [-0.2, -0.15) is 11.8 Å². The summed E-state index contributed by atoms with van der Waals surface area (Å²) in [4.78, 5) is 11.8. The first-order valence-corrected chi connectivity index (χ1v) is 7.98. The predicted molar refractivity (Wildman–Crippen MR) is 83.3 cm³/mol. The third kappa shape index (κ3) is 5.43. The van der Waals surface area contributed by atoms with Crippen LogP contribution in [0.1, 0.15) is 18.9 Å². The molecule has 0 bridgehead atoms. The average molecular weight is 297 g/mol. The second-order valence-electron chi connectivity index (χ2n) is 4.68. The Kier molecular flexibility index (Phi) is 7.47. The molecule has 1 amide bonds. The molecule has 20 heavy (non-hydrogen) atoms. The van der Waals surface area contributed by atoms with Crippen molar-refractivity contribution in [1.82, 2.24) is 5.32 Å². The molecule has 0 saturated heterocycles. The molecule has 112 valence electrons. The van der Waals surface area contributed by atoms with Gasteiger partial charge in [0.25, 0.3) is 0 Å². The van der Waals surface area contributed by atoms with E-state index in [1.807, 2.05) is 44.4 Å². The number of carbonyl (C=O) groups is 1. The van der Waals surface area contributed by atoms with Crippen LogP contribution in [-0.2, 0) is 4.79 Å². The molecule has 0 saturated carbocycles. The normalized spacial score (nSPS) is 13.6. The highest BCUT2D eigenvalue weighted by Gasteiger charge is 2.17. The molecule has 2 unspecified atom stereocenters. The molecule has 0 spiro atoms. The van der Waals surface area contributed by atoms with Crippen LogP contribution < -0.4 is 10.1 Å². The van der Waals surface area contributed by atoms with E-state index in [1.165, 1.54) is 0 Å². The number of benzene rings is 1. The Bertz CT molecular complexity index is 421. The summed E-state index contributed by atoms with van der Waals surface area (Å²) in [6, 6.07) is 7.68. The Morgan fingerprint density at radius 3 is 2.75 bits per heavy atom. The molecule has 0 fully saturated rings. The van der Waals surface area contributed by atoms with Gasteiger partial charge >= 0.3 is 0 Å². The molecule has 2 atom stereocenters. The van der Waals surface area contributed by atoms with E-state index in [0.717, 1.165) is 11.3 Å². The van der Waals surface area contributed by atoms with Crippen molar-refractivity contribution >= 4 is 17.7 Å². The van der Waals surface area contributed by atoms with Gasteiger partial charge in [0.1, 0.15) is 5.75 Å². The van der Waals surface area contributed by atoms with Gasteiger partial charge in [0.05, 0.1) is 19.6 Å². The van der Waals surface area contributed by atoms with Crippen molar-refractivity contribution in [3.8, 4) is 5.75 Å². The Labute approximate surface area is 124 Å². The zero-order valence-electron chi connectivity index (χ0n) is 12.3. The van der Waals surface area contributed by atoms with Crippen molar-refractivity contribution in [2.75, 3.05) is 19.5 Å². The quantitative estimate of drug-likeness (QED) is 0.770. The van der Waals surface area contributed by atoms with E-state index in [4.69, 9.17) is 9.84 Å². The number of carbonyl (C=O) groups excluding carboxylic acids is 1. The van der Waals surface area contributed by atoms with Crippen molar-refractivity contribution in [3.05, 3.63) is 29.8 Å². The summed E-state index contributed by atoms with van der Waals surface area (Å²) in [5.41, 5.74) is 1.06. The third-order valence-corrected chi connectivity index (χ3v) is 4.27. The lowest BCUT2D eigenvalue weighted by Crippen LogP contribution is -2.41. The Hall–Kier alpha value is -1.20. The molecular formula is C15H23NO3S. The summed E-state index contributed by atoms with van der Waals surface area (Å²) in [5.74, 6) is 0.754. The first kappa shape index (κ1) is 16.9. The molecule has 0 aliphatic heterocycles. The lowest BCUT2D eigenvalue weighted by Gasteiger charge is -2.21. The van der Waals surface area contributed by atoms with Gasteiger partial charge in [0.15, 0.2) is 0 Å². The number of hydrogen-bond acceptors (Lipinski definition) is 4. The standard InChI is InChI=1S/C15H23NO3S/c1-11-6-4-5-7-13(11)19-9-8-15(18)16-12(2)14(10-17)20-3/h4-7,12,14,17H,8-10H2,1-3H3,(H,16,18). The van der Waals surface area contributed by atoms with Crippen molar-refractivity contribution in [2.24, 2.45) is 0 Å². The average Bonchev–Trinajstić information content (AvgIpc) is 2.42. The highest BCUT2D eigenvalue weighted by Crippen LogP contribution is 2.16. The number of hydrogen-bond donors (Lipinski definition) is 2. The lowest BCUT2D eigenvalue weighted by molar-refractivity contribution is -0.122. The second-order valence-corrected chi connectivity index (χ2v) is 5.75. The fourth-order valence-corrected chi connectivity index (χ4v) is 2.45. The van der Waals surface area contributed by atoms with E-state index in [-0.39, 0.29) is 23.8 Å². The summed E-state index contributed by atoms with van der Waals surface area (Å²) < 4.78 is 5.59. The molecule has 2 N–H and O–H groups in total. The predicted octanol–water partition coefficient (Wildman–Crippen LogP) is 1.99. The maximum Gasteiger partial charge on any atom is 0.223 e. The fraction of sp³-hybridized carbons (Fsp3) is 0.533. The van der Waals surface area contributed by atoms with Crippen molar-refractivity contribution in [2.45, 2.75) is 31.6 Å². The highest BCUT2D eigenvalue weighted by molar-refractivity contribution is 7.99. The van der Waals surface area contributed by atoms with E-state index in [2.05, 4.69) is 5.32 Å². The lowest BCUT2D eigenvalue weighted by atomic mass is 10.2. The Morgan fingerprint density at radius 2 is 2.15 bits per heavy atom. The minimum Gasteiger partial charge on any atom is -0.493 e. The van der Waals surface area contributed by atoms with Crippen LogP contribution in [0, 0.1) is 6.92 Å². The van der Waals surface area contributed by atoms with E-state index >= 15 is 0 Å². The molecule has 5 heteroatoms. The molecule has 0 aliphatic rings. The van der Waals surface area contributed by atoms with Crippen LogP contribution in [0.2, 0.25) is 0 Å². The minimum atomic E-state index is -0.0569. The van der Waals surface area contributed by atoms with Gasteiger partial charge in [-0.05, 0) is 31.7 Å².